The van der Waals surface area contributed by atoms with Crippen molar-refractivity contribution in [2.45, 2.75) is 6.10 Å². The molecule has 0 fully saturated rings. The number of urea groups is 1. The number of esters is 1. The van der Waals surface area contributed by atoms with Gasteiger partial charge in [0.05, 0.1) is 7.11 Å². The van der Waals surface area contributed by atoms with Gasteiger partial charge in [0.15, 0.2) is 6.61 Å². The van der Waals surface area contributed by atoms with Gasteiger partial charge in [0.25, 0.3) is 5.91 Å². The van der Waals surface area contributed by atoms with Crippen LogP contribution in [0.5, 0.6) is 11.5 Å². The van der Waals surface area contributed by atoms with Crippen molar-refractivity contribution >= 4 is 17.9 Å². The zero-order chi connectivity index (χ0) is 19.6. The molecular weight excluding hydrogens is 352 g/mol. The molecule has 0 bridgehead atoms. The highest BCUT2D eigenvalue weighted by atomic mass is 16.6. The lowest BCUT2D eigenvalue weighted by molar-refractivity contribution is -0.158. The number of carbonyl (C=O) groups excluding carboxylic acids is 3. The molecule has 0 spiro atoms. The van der Waals surface area contributed by atoms with Crippen LogP contribution in [0.25, 0.3) is 0 Å². The molecular formula is C19H20N2O6. The van der Waals surface area contributed by atoms with Crippen molar-refractivity contribution < 1.29 is 28.6 Å². The maximum Gasteiger partial charge on any atom is 0.345 e. The lowest BCUT2D eigenvalue weighted by atomic mass is 10.1. The van der Waals surface area contributed by atoms with E-state index in [0.717, 1.165) is 0 Å². The van der Waals surface area contributed by atoms with E-state index >= 15 is 0 Å². The molecule has 0 aliphatic rings. The van der Waals surface area contributed by atoms with Gasteiger partial charge in [-0.25, -0.2) is 9.59 Å². The molecule has 8 heteroatoms. The van der Waals surface area contributed by atoms with E-state index < -0.39 is 30.6 Å². The van der Waals surface area contributed by atoms with E-state index in [9.17, 15) is 14.4 Å². The van der Waals surface area contributed by atoms with Crippen LogP contribution in [0.4, 0.5) is 4.79 Å². The third kappa shape index (κ3) is 6.03. The van der Waals surface area contributed by atoms with Crippen LogP contribution in [0.2, 0.25) is 0 Å². The molecule has 2 aromatic carbocycles. The summed E-state index contributed by atoms with van der Waals surface area (Å²) in [6.45, 7) is -0.400. The van der Waals surface area contributed by atoms with Crippen molar-refractivity contribution in [2.75, 3.05) is 20.8 Å². The Bertz CT molecular complexity index is 777. The number of carbonyl (C=O) groups is 3. The summed E-state index contributed by atoms with van der Waals surface area (Å²) in [6.07, 6.45) is -1.28. The molecule has 0 radical (unpaired) electrons. The molecule has 0 saturated carbocycles. The Hall–Kier alpha value is -3.55. The van der Waals surface area contributed by atoms with Crippen LogP contribution in [0.3, 0.4) is 0 Å². The number of nitrogens with one attached hydrogen (secondary N) is 2. The molecule has 0 aliphatic carbocycles. The molecule has 8 nitrogen and oxygen atoms in total. The first kappa shape index (κ1) is 19.8. The van der Waals surface area contributed by atoms with Crippen molar-refractivity contribution in [1.82, 2.24) is 10.6 Å². The molecule has 0 unspecified atom stereocenters. The predicted molar refractivity (Wildman–Crippen MR) is 96.4 cm³/mol. The molecule has 0 aromatic heterocycles. The first-order valence-electron chi connectivity index (χ1n) is 8.07. The van der Waals surface area contributed by atoms with Crippen molar-refractivity contribution in [3.8, 4) is 11.5 Å². The third-order valence-electron chi connectivity index (χ3n) is 3.47. The average molecular weight is 372 g/mol. The van der Waals surface area contributed by atoms with Crippen LogP contribution in [0, 0.1) is 0 Å². The van der Waals surface area contributed by atoms with E-state index in [1.165, 1.54) is 7.05 Å². The fraction of sp³-hybridized carbons (Fsp3) is 0.211. The fourth-order valence-electron chi connectivity index (χ4n) is 2.12. The largest absolute Gasteiger partial charge is 0.497 e. The number of hydrogen-bond acceptors (Lipinski definition) is 6. The quantitative estimate of drug-likeness (QED) is 0.719. The zero-order valence-corrected chi connectivity index (χ0v) is 14.9. The Morgan fingerprint density at radius 3 is 2.19 bits per heavy atom. The molecule has 2 rings (SSSR count). The van der Waals surface area contributed by atoms with Crippen LogP contribution in [0.15, 0.2) is 54.6 Å². The van der Waals surface area contributed by atoms with Gasteiger partial charge in [-0.2, -0.15) is 0 Å². The molecule has 3 amide bonds. The van der Waals surface area contributed by atoms with E-state index in [2.05, 4.69) is 10.6 Å². The Kier molecular flexibility index (Phi) is 7.18. The summed E-state index contributed by atoms with van der Waals surface area (Å²) in [6, 6.07) is 14.3. The monoisotopic (exact) mass is 372 g/mol. The Morgan fingerprint density at radius 2 is 1.59 bits per heavy atom. The first-order valence-corrected chi connectivity index (χ1v) is 8.07. The Balaban J connectivity index is 2.01. The van der Waals surface area contributed by atoms with Crippen LogP contribution in [0.1, 0.15) is 11.7 Å². The highest BCUT2D eigenvalue weighted by molar-refractivity contribution is 5.97. The maximum absolute atomic E-state index is 12.3. The normalized spacial score (nSPS) is 11.0. The smallest absolute Gasteiger partial charge is 0.345 e. The van der Waals surface area contributed by atoms with E-state index in [4.69, 9.17) is 14.2 Å². The number of methoxy groups -OCH3 is 1. The van der Waals surface area contributed by atoms with Crippen LogP contribution in [-0.4, -0.2) is 38.7 Å². The lowest BCUT2D eigenvalue weighted by Gasteiger charge is -2.17. The third-order valence-corrected chi connectivity index (χ3v) is 3.47. The standard InChI is InChI=1S/C19H20N2O6/c1-20-19(24)21-18(23)17(13-6-4-3-5-7-13)27-16(22)12-26-15-10-8-14(25-2)9-11-15/h3-11,17H,12H2,1-2H3,(H2,20,21,23,24)/t17-/m0/s1. The highest BCUT2D eigenvalue weighted by Gasteiger charge is 2.26. The highest BCUT2D eigenvalue weighted by Crippen LogP contribution is 2.19. The molecule has 2 aromatic rings. The molecule has 0 aliphatic heterocycles. The van der Waals surface area contributed by atoms with Gasteiger partial charge >= 0.3 is 12.0 Å². The lowest BCUT2D eigenvalue weighted by Crippen LogP contribution is -2.41. The van der Waals surface area contributed by atoms with E-state index in [-0.39, 0.29) is 0 Å². The van der Waals surface area contributed by atoms with E-state index in [1.807, 2.05) is 0 Å². The SMILES string of the molecule is CNC(=O)NC(=O)[C@@H](OC(=O)COc1ccc(OC)cc1)c1ccccc1. The zero-order valence-electron chi connectivity index (χ0n) is 14.9. The summed E-state index contributed by atoms with van der Waals surface area (Å²) in [7, 11) is 2.91. The average Bonchev–Trinajstić information content (AvgIpc) is 2.71. The molecule has 142 valence electrons. The summed E-state index contributed by atoms with van der Waals surface area (Å²) in [4.78, 5) is 35.8. The number of amides is 3. The number of benzene rings is 2. The second-order valence-corrected chi connectivity index (χ2v) is 5.31. The minimum atomic E-state index is -1.28. The summed E-state index contributed by atoms with van der Waals surface area (Å²) in [5, 5.41) is 4.36. The van der Waals surface area contributed by atoms with Crippen molar-refractivity contribution in [3.05, 3.63) is 60.2 Å². The van der Waals surface area contributed by atoms with Gasteiger partial charge in [0.2, 0.25) is 6.10 Å². The van der Waals surface area contributed by atoms with Gasteiger partial charge in [0, 0.05) is 12.6 Å². The van der Waals surface area contributed by atoms with E-state index in [1.54, 1.807) is 61.7 Å². The number of hydrogen-bond donors (Lipinski definition) is 2. The Labute approximate surface area is 156 Å². The van der Waals surface area contributed by atoms with Crippen molar-refractivity contribution in [2.24, 2.45) is 0 Å². The molecule has 27 heavy (non-hydrogen) atoms. The van der Waals surface area contributed by atoms with Crippen LogP contribution >= 0.6 is 0 Å². The minimum absolute atomic E-state index is 0.400. The van der Waals surface area contributed by atoms with Crippen LogP contribution in [-0.2, 0) is 14.3 Å². The number of rotatable bonds is 7. The summed E-state index contributed by atoms with van der Waals surface area (Å²) < 4.78 is 15.6. The predicted octanol–water partition coefficient (Wildman–Crippen LogP) is 1.81. The van der Waals surface area contributed by atoms with Gasteiger partial charge in [-0.15, -0.1) is 0 Å². The van der Waals surface area contributed by atoms with Gasteiger partial charge in [-0.1, -0.05) is 30.3 Å². The fourth-order valence-corrected chi connectivity index (χ4v) is 2.12. The molecule has 2 N–H and O–H groups in total. The van der Waals surface area contributed by atoms with Gasteiger partial charge in [0.1, 0.15) is 11.5 Å². The second kappa shape index (κ2) is 9.81. The topological polar surface area (TPSA) is 103 Å². The second-order valence-electron chi connectivity index (χ2n) is 5.31. The molecule has 0 heterocycles. The summed E-state index contributed by atoms with van der Waals surface area (Å²) in [5.74, 6) is -0.427. The van der Waals surface area contributed by atoms with Gasteiger partial charge in [-0.05, 0) is 24.3 Å². The maximum atomic E-state index is 12.3. The summed E-state index contributed by atoms with van der Waals surface area (Å²) >= 11 is 0. The Morgan fingerprint density at radius 1 is 0.963 bits per heavy atom. The minimum Gasteiger partial charge on any atom is -0.497 e. The number of ether oxygens (including phenoxy) is 3. The van der Waals surface area contributed by atoms with Gasteiger partial charge < -0.3 is 19.5 Å². The van der Waals surface area contributed by atoms with Crippen molar-refractivity contribution in [3.63, 3.8) is 0 Å². The first-order chi connectivity index (χ1) is 13.0. The van der Waals surface area contributed by atoms with Crippen LogP contribution < -0.4 is 20.1 Å². The van der Waals surface area contributed by atoms with Gasteiger partial charge in [-0.3, -0.25) is 10.1 Å². The molecule has 0 saturated heterocycles. The molecule has 1 atom stereocenters. The summed E-state index contributed by atoms with van der Waals surface area (Å²) in [5.41, 5.74) is 0.428. The van der Waals surface area contributed by atoms with E-state index in [0.29, 0.717) is 17.1 Å². The number of imide groups is 1. The van der Waals surface area contributed by atoms with Crippen molar-refractivity contribution in [1.29, 1.82) is 0 Å².